The van der Waals surface area contributed by atoms with Crippen LogP contribution in [-0.4, -0.2) is 49.8 Å². The van der Waals surface area contributed by atoms with E-state index < -0.39 is 0 Å². The fourth-order valence-electron chi connectivity index (χ4n) is 2.87. The molecule has 1 aromatic heterocycles. The Hall–Kier alpha value is -1.19. The Morgan fingerprint density at radius 2 is 1.93 bits per heavy atom. The SMILES string of the molecule is CN=C(NCC(c1ccco1)N(C)C)NCC1(Sc2ccccc2)CC1.I. The van der Waals surface area contributed by atoms with Gasteiger partial charge < -0.3 is 15.1 Å². The lowest BCUT2D eigenvalue weighted by atomic mass is 10.2. The highest BCUT2D eigenvalue weighted by atomic mass is 127. The third-order valence-corrected chi connectivity index (χ3v) is 6.14. The highest BCUT2D eigenvalue weighted by molar-refractivity contribution is 14.0. The molecule has 5 nitrogen and oxygen atoms in total. The van der Waals surface area contributed by atoms with Crippen molar-refractivity contribution in [2.45, 2.75) is 28.5 Å². The molecule has 1 aromatic carbocycles. The van der Waals surface area contributed by atoms with Gasteiger partial charge in [-0.1, -0.05) is 18.2 Å². The van der Waals surface area contributed by atoms with E-state index >= 15 is 0 Å². The van der Waals surface area contributed by atoms with Gasteiger partial charge in [-0.05, 0) is 51.2 Å². The number of nitrogens with zero attached hydrogens (tertiary/aromatic N) is 2. The predicted molar refractivity (Wildman–Crippen MR) is 124 cm³/mol. The van der Waals surface area contributed by atoms with Crippen LogP contribution in [0.2, 0.25) is 0 Å². The molecule has 148 valence electrons. The van der Waals surface area contributed by atoms with Crippen LogP contribution in [0, 0.1) is 0 Å². The van der Waals surface area contributed by atoms with Gasteiger partial charge in [-0.3, -0.25) is 9.89 Å². The first-order chi connectivity index (χ1) is 12.6. The molecule has 0 spiro atoms. The van der Waals surface area contributed by atoms with E-state index in [2.05, 4.69) is 65.0 Å². The number of nitrogens with one attached hydrogen (secondary N) is 2. The zero-order chi connectivity index (χ0) is 18.4. The van der Waals surface area contributed by atoms with Gasteiger partial charge in [0.1, 0.15) is 5.76 Å². The second-order valence-corrected chi connectivity index (χ2v) is 8.44. The standard InChI is InChI=1S/C20H28N4OS.HI/c1-21-19(22-14-17(24(2)3)18-10-7-13-25-18)23-15-20(11-12-20)26-16-8-5-4-6-9-16;/h4-10,13,17H,11-12,14-15H2,1-3H3,(H2,21,22,23);1H. The van der Waals surface area contributed by atoms with Crippen LogP contribution in [0.25, 0.3) is 0 Å². The van der Waals surface area contributed by atoms with Gasteiger partial charge in [0, 0.05) is 29.8 Å². The molecule has 2 N–H and O–H groups in total. The molecule has 0 radical (unpaired) electrons. The Kier molecular flexibility index (Phi) is 8.50. The number of furan rings is 1. The quantitative estimate of drug-likeness (QED) is 0.326. The van der Waals surface area contributed by atoms with Gasteiger partial charge in [0.25, 0.3) is 0 Å². The largest absolute Gasteiger partial charge is 0.468 e. The molecule has 1 unspecified atom stereocenters. The first-order valence-electron chi connectivity index (χ1n) is 9.00. The predicted octanol–water partition coefficient (Wildman–Crippen LogP) is 3.99. The van der Waals surface area contributed by atoms with Gasteiger partial charge >= 0.3 is 0 Å². The van der Waals surface area contributed by atoms with Crippen LogP contribution in [0.3, 0.4) is 0 Å². The maximum atomic E-state index is 5.57. The van der Waals surface area contributed by atoms with E-state index in [-0.39, 0.29) is 30.0 Å². The van der Waals surface area contributed by atoms with E-state index in [1.165, 1.54) is 17.7 Å². The van der Waals surface area contributed by atoms with Gasteiger partial charge in [-0.15, -0.1) is 35.7 Å². The monoisotopic (exact) mass is 500 g/mol. The molecule has 1 atom stereocenters. The molecule has 1 aliphatic rings. The number of hydrogen-bond acceptors (Lipinski definition) is 4. The number of benzene rings is 1. The molecular weight excluding hydrogens is 471 g/mol. The van der Waals surface area contributed by atoms with Crippen molar-refractivity contribution in [1.29, 1.82) is 0 Å². The average molecular weight is 500 g/mol. The topological polar surface area (TPSA) is 52.8 Å². The molecule has 1 fully saturated rings. The maximum Gasteiger partial charge on any atom is 0.191 e. The van der Waals surface area contributed by atoms with Crippen LogP contribution < -0.4 is 10.6 Å². The molecule has 1 heterocycles. The van der Waals surface area contributed by atoms with E-state index in [0.29, 0.717) is 4.75 Å². The van der Waals surface area contributed by atoms with Crippen LogP contribution >= 0.6 is 35.7 Å². The second kappa shape index (κ2) is 10.4. The molecule has 0 saturated heterocycles. The minimum absolute atomic E-state index is 0. The van der Waals surface area contributed by atoms with E-state index in [0.717, 1.165) is 24.8 Å². The van der Waals surface area contributed by atoms with Crippen molar-refractivity contribution >= 4 is 41.7 Å². The molecule has 27 heavy (non-hydrogen) atoms. The Morgan fingerprint density at radius 1 is 1.19 bits per heavy atom. The second-order valence-electron chi connectivity index (χ2n) is 6.90. The number of aliphatic imine (C=N–C) groups is 1. The smallest absolute Gasteiger partial charge is 0.191 e. The summed E-state index contributed by atoms with van der Waals surface area (Å²) in [6, 6.07) is 14.7. The Morgan fingerprint density at radius 3 is 2.48 bits per heavy atom. The van der Waals surface area contributed by atoms with Crippen molar-refractivity contribution in [3.05, 3.63) is 54.5 Å². The first kappa shape index (κ1) is 22.1. The molecule has 0 bridgehead atoms. The lowest BCUT2D eigenvalue weighted by molar-refractivity contribution is 0.258. The highest BCUT2D eigenvalue weighted by Crippen LogP contribution is 2.51. The summed E-state index contributed by atoms with van der Waals surface area (Å²) in [5, 5.41) is 6.93. The summed E-state index contributed by atoms with van der Waals surface area (Å²) in [6.45, 7) is 1.65. The van der Waals surface area contributed by atoms with Crippen molar-refractivity contribution in [2.75, 3.05) is 34.2 Å². The summed E-state index contributed by atoms with van der Waals surface area (Å²) in [5.74, 6) is 1.79. The Labute approximate surface area is 183 Å². The lowest BCUT2D eigenvalue weighted by Crippen LogP contribution is -2.44. The molecule has 7 heteroatoms. The molecule has 1 saturated carbocycles. The summed E-state index contributed by atoms with van der Waals surface area (Å²) >= 11 is 1.97. The number of likely N-dealkylation sites (N-methyl/N-ethyl adjacent to an activating group) is 1. The van der Waals surface area contributed by atoms with Crippen LogP contribution in [0.15, 0.2) is 63.0 Å². The van der Waals surface area contributed by atoms with Crippen molar-refractivity contribution in [3.63, 3.8) is 0 Å². The summed E-state index contributed by atoms with van der Waals surface area (Å²) in [5.41, 5.74) is 0. The number of hydrogen-bond donors (Lipinski definition) is 2. The first-order valence-corrected chi connectivity index (χ1v) is 9.82. The van der Waals surface area contributed by atoms with Gasteiger partial charge in [0.15, 0.2) is 5.96 Å². The van der Waals surface area contributed by atoms with Crippen molar-refractivity contribution in [2.24, 2.45) is 4.99 Å². The molecular formula is C20H29IN4OS. The molecule has 0 amide bonds. The zero-order valence-electron chi connectivity index (χ0n) is 16.1. The molecule has 3 rings (SSSR count). The summed E-state index contributed by atoms with van der Waals surface area (Å²) in [6.07, 6.45) is 4.20. The van der Waals surface area contributed by atoms with Gasteiger partial charge in [0.05, 0.1) is 12.3 Å². The van der Waals surface area contributed by atoms with Crippen LogP contribution in [0.1, 0.15) is 24.6 Å². The highest BCUT2D eigenvalue weighted by Gasteiger charge is 2.43. The maximum absolute atomic E-state index is 5.57. The fourth-order valence-corrected chi connectivity index (χ4v) is 4.11. The van der Waals surface area contributed by atoms with Gasteiger partial charge in [-0.2, -0.15) is 0 Å². The van der Waals surface area contributed by atoms with E-state index in [9.17, 15) is 0 Å². The molecule has 2 aromatic rings. The third kappa shape index (κ3) is 6.43. The Balaban J connectivity index is 0.00000261. The van der Waals surface area contributed by atoms with Crippen molar-refractivity contribution in [1.82, 2.24) is 15.5 Å². The van der Waals surface area contributed by atoms with Gasteiger partial charge in [-0.25, -0.2) is 0 Å². The normalized spacial score (nSPS) is 16.5. The Bertz CT molecular complexity index is 702. The summed E-state index contributed by atoms with van der Waals surface area (Å²) < 4.78 is 5.86. The van der Waals surface area contributed by atoms with E-state index in [4.69, 9.17) is 4.42 Å². The number of thioether (sulfide) groups is 1. The number of guanidine groups is 1. The molecule has 0 aliphatic heterocycles. The summed E-state index contributed by atoms with van der Waals surface area (Å²) in [7, 11) is 5.93. The minimum Gasteiger partial charge on any atom is -0.468 e. The van der Waals surface area contributed by atoms with Crippen LogP contribution in [0.5, 0.6) is 0 Å². The van der Waals surface area contributed by atoms with Crippen LogP contribution in [0.4, 0.5) is 0 Å². The van der Waals surface area contributed by atoms with Gasteiger partial charge in [0.2, 0.25) is 0 Å². The van der Waals surface area contributed by atoms with E-state index in [1.54, 1.807) is 6.26 Å². The average Bonchev–Trinajstić information content (AvgIpc) is 3.18. The number of rotatable bonds is 8. The fraction of sp³-hybridized carbons (Fsp3) is 0.450. The van der Waals surface area contributed by atoms with Crippen molar-refractivity contribution in [3.8, 4) is 0 Å². The van der Waals surface area contributed by atoms with Crippen molar-refractivity contribution < 1.29 is 4.42 Å². The summed E-state index contributed by atoms with van der Waals surface area (Å²) in [4.78, 5) is 7.85. The number of halogens is 1. The third-order valence-electron chi connectivity index (χ3n) is 4.64. The zero-order valence-corrected chi connectivity index (χ0v) is 19.3. The molecule has 1 aliphatic carbocycles. The van der Waals surface area contributed by atoms with Crippen LogP contribution in [-0.2, 0) is 0 Å². The minimum atomic E-state index is 0. The lowest BCUT2D eigenvalue weighted by Gasteiger charge is -2.24. The van der Waals surface area contributed by atoms with E-state index in [1.807, 2.05) is 30.9 Å².